The minimum absolute atomic E-state index is 0.338. The van der Waals surface area contributed by atoms with Crippen molar-refractivity contribution in [3.63, 3.8) is 0 Å². The lowest BCUT2D eigenvalue weighted by molar-refractivity contribution is 0.131. The van der Waals surface area contributed by atoms with Gasteiger partial charge in [-0.25, -0.2) is 0 Å². The Labute approximate surface area is 165 Å². The van der Waals surface area contributed by atoms with Crippen molar-refractivity contribution in [2.24, 2.45) is 0 Å². The van der Waals surface area contributed by atoms with E-state index in [1.165, 1.54) is 33.2 Å². The number of rotatable bonds is 1. The first-order valence-electron chi connectivity index (χ1n) is 10.1. The summed E-state index contributed by atoms with van der Waals surface area (Å²) < 4.78 is 6.11. The highest BCUT2D eigenvalue weighted by molar-refractivity contribution is 6.06. The van der Waals surface area contributed by atoms with Gasteiger partial charge in [-0.2, -0.15) is 0 Å². The molecule has 6 rings (SSSR count). The van der Waals surface area contributed by atoms with Crippen LogP contribution in [-0.2, 0) is 0 Å². The van der Waals surface area contributed by atoms with E-state index in [-0.39, 0.29) is 0 Å². The predicted octanol–water partition coefficient (Wildman–Crippen LogP) is 6.18. The van der Waals surface area contributed by atoms with Gasteiger partial charge < -0.3 is 9.32 Å². The Bertz CT molecular complexity index is 1220. The Kier molecular flexibility index (Phi) is 3.25. The van der Waals surface area contributed by atoms with Gasteiger partial charge in [0, 0.05) is 22.5 Å². The Morgan fingerprint density at radius 2 is 1.57 bits per heavy atom. The van der Waals surface area contributed by atoms with Crippen molar-refractivity contribution in [3.05, 3.63) is 77.4 Å². The van der Waals surface area contributed by atoms with E-state index >= 15 is 0 Å². The summed E-state index contributed by atoms with van der Waals surface area (Å²) in [5, 5.41) is 2.40. The van der Waals surface area contributed by atoms with Crippen LogP contribution >= 0.6 is 0 Å². The summed E-state index contributed by atoms with van der Waals surface area (Å²) >= 11 is 0. The van der Waals surface area contributed by atoms with Gasteiger partial charge >= 0.3 is 0 Å². The summed E-state index contributed by atoms with van der Waals surface area (Å²) in [6.45, 7) is 4.55. The average Bonchev–Trinajstić information content (AvgIpc) is 3.24. The molecule has 2 heterocycles. The van der Waals surface area contributed by atoms with Gasteiger partial charge in [0.05, 0.1) is 12.2 Å². The quantitative estimate of drug-likeness (QED) is 0.400. The van der Waals surface area contributed by atoms with E-state index in [9.17, 15) is 0 Å². The molecule has 1 aliphatic heterocycles. The van der Waals surface area contributed by atoms with Crippen LogP contribution in [0.4, 0.5) is 5.69 Å². The fraction of sp³-hybridized carbons (Fsp3) is 0.280. The second-order valence-corrected chi connectivity index (χ2v) is 8.33. The molecule has 4 aromatic rings. The molecular formula is C25H24N2O. The highest BCUT2D eigenvalue weighted by Gasteiger charge is 2.45. The van der Waals surface area contributed by atoms with Crippen molar-refractivity contribution >= 4 is 27.6 Å². The maximum Gasteiger partial charge on any atom is 0.135 e. The van der Waals surface area contributed by atoms with Crippen molar-refractivity contribution in [1.82, 2.24) is 4.90 Å². The summed E-state index contributed by atoms with van der Waals surface area (Å²) in [4.78, 5) is 5.15. The normalized spacial score (nSPS) is 24.2. The van der Waals surface area contributed by atoms with Crippen LogP contribution < -0.4 is 4.90 Å². The number of para-hydroxylation sites is 1. The zero-order valence-electron chi connectivity index (χ0n) is 16.5. The van der Waals surface area contributed by atoms with Crippen molar-refractivity contribution in [2.75, 3.05) is 11.9 Å². The van der Waals surface area contributed by atoms with Gasteiger partial charge in [0.25, 0.3) is 0 Å². The van der Waals surface area contributed by atoms with Gasteiger partial charge in [0.15, 0.2) is 0 Å². The van der Waals surface area contributed by atoms with E-state index in [0.717, 1.165) is 17.6 Å². The molecule has 1 aromatic heterocycles. The minimum atomic E-state index is 0.338. The lowest BCUT2D eigenvalue weighted by Crippen LogP contribution is -2.50. The molecule has 0 amide bonds. The third-order valence-electron chi connectivity index (χ3n) is 6.95. The fourth-order valence-corrected chi connectivity index (χ4v) is 5.46. The number of hydrogen-bond donors (Lipinski definition) is 0. The number of aryl methyl sites for hydroxylation is 1. The summed E-state index contributed by atoms with van der Waals surface area (Å²) in [6, 6.07) is 22.8. The first-order chi connectivity index (χ1) is 13.6. The van der Waals surface area contributed by atoms with Crippen LogP contribution in [0.1, 0.15) is 42.1 Å². The van der Waals surface area contributed by atoms with Crippen LogP contribution in [0, 0.1) is 6.92 Å². The third-order valence-corrected chi connectivity index (χ3v) is 6.95. The first kappa shape index (κ1) is 16.2. The SMILES string of the molecule is Cc1cc2oc3ccccc3c2cc1N1C2CC(c3ccccc32)N(C)C1C. The number of fused-ring (bicyclic) bond motifs is 8. The molecular weight excluding hydrogens is 344 g/mol. The Morgan fingerprint density at radius 3 is 2.39 bits per heavy atom. The third kappa shape index (κ3) is 2.03. The van der Waals surface area contributed by atoms with E-state index in [1.54, 1.807) is 0 Å². The summed E-state index contributed by atoms with van der Waals surface area (Å²) in [7, 11) is 2.27. The highest BCUT2D eigenvalue weighted by Crippen LogP contribution is 2.52. The van der Waals surface area contributed by atoms with Crippen LogP contribution in [0.3, 0.4) is 0 Å². The molecule has 1 aliphatic carbocycles. The zero-order valence-corrected chi connectivity index (χ0v) is 16.5. The van der Waals surface area contributed by atoms with E-state index in [4.69, 9.17) is 4.42 Å². The Hall–Kier alpha value is -2.78. The molecule has 0 radical (unpaired) electrons. The van der Waals surface area contributed by atoms with Crippen LogP contribution in [0.25, 0.3) is 21.9 Å². The second kappa shape index (κ2) is 5.62. The molecule has 0 saturated carbocycles. The van der Waals surface area contributed by atoms with E-state index in [1.807, 2.05) is 6.07 Å². The molecule has 2 aliphatic rings. The monoisotopic (exact) mass is 368 g/mol. The van der Waals surface area contributed by atoms with E-state index in [2.05, 4.69) is 85.3 Å². The molecule has 1 saturated heterocycles. The molecule has 3 unspecified atom stereocenters. The molecule has 3 heteroatoms. The van der Waals surface area contributed by atoms with Crippen LogP contribution in [0.15, 0.2) is 65.1 Å². The zero-order chi connectivity index (χ0) is 19.0. The standard InChI is InChI=1S/C25H24N2O/c1-15-12-25-20(19-10-6-7-11-24(19)28-25)13-21(15)27-16(2)26(3)22-14-23(27)18-9-5-4-8-17(18)22/h4-13,16,22-23H,14H2,1-3H3. The van der Waals surface area contributed by atoms with Crippen LogP contribution in [0.2, 0.25) is 0 Å². The number of nitrogens with zero attached hydrogens (tertiary/aromatic N) is 2. The number of anilines is 1. The molecule has 3 aromatic carbocycles. The van der Waals surface area contributed by atoms with Crippen molar-refractivity contribution in [3.8, 4) is 0 Å². The number of hydrogen-bond acceptors (Lipinski definition) is 3. The van der Waals surface area contributed by atoms with Gasteiger partial charge in [0.1, 0.15) is 11.2 Å². The molecule has 2 bridgehead atoms. The molecule has 3 atom stereocenters. The van der Waals surface area contributed by atoms with Gasteiger partial charge in [-0.05, 0) is 62.2 Å². The van der Waals surface area contributed by atoms with E-state index < -0.39 is 0 Å². The predicted molar refractivity (Wildman–Crippen MR) is 115 cm³/mol. The highest BCUT2D eigenvalue weighted by atomic mass is 16.3. The van der Waals surface area contributed by atoms with Crippen LogP contribution in [0.5, 0.6) is 0 Å². The van der Waals surface area contributed by atoms with Crippen molar-refractivity contribution < 1.29 is 4.42 Å². The van der Waals surface area contributed by atoms with Gasteiger partial charge in [-0.3, -0.25) is 4.90 Å². The Morgan fingerprint density at radius 1 is 0.857 bits per heavy atom. The molecule has 0 spiro atoms. The maximum atomic E-state index is 6.11. The smallest absolute Gasteiger partial charge is 0.135 e. The fourth-order valence-electron chi connectivity index (χ4n) is 5.46. The average molecular weight is 368 g/mol. The number of benzene rings is 3. The maximum absolute atomic E-state index is 6.11. The summed E-state index contributed by atoms with van der Waals surface area (Å²) in [5.41, 5.74) is 7.51. The van der Waals surface area contributed by atoms with E-state index in [0.29, 0.717) is 18.2 Å². The largest absolute Gasteiger partial charge is 0.456 e. The first-order valence-corrected chi connectivity index (χ1v) is 10.1. The van der Waals surface area contributed by atoms with Gasteiger partial charge in [-0.1, -0.05) is 42.5 Å². The van der Waals surface area contributed by atoms with Crippen LogP contribution in [-0.4, -0.2) is 18.1 Å². The second-order valence-electron chi connectivity index (χ2n) is 8.33. The van der Waals surface area contributed by atoms with Crippen molar-refractivity contribution in [2.45, 2.75) is 38.5 Å². The Balaban J connectivity index is 1.58. The summed E-state index contributed by atoms with van der Waals surface area (Å²) in [6.07, 6.45) is 1.49. The molecule has 3 nitrogen and oxygen atoms in total. The minimum Gasteiger partial charge on any atom is -0.456 e. The van der Waals surface area contributed by atoms with Crippen molar-refractivity contribution in [1.29, 1.82) is 0 Å². The lowest BCUT2D eigenvalue weighted by Gasteiger charge is -2.47. The topological polar surface area (TPSA) is 19.6 Å². The lowest BCUT2D eigenvalue weighted by atomic mass is 10.0. The molecule has 0 N–H and O–H groups in total. The number of furan rings is 1. The van der Waals surface area contributed by atoms with Gasteiger partial charge in [0.2, 0.25) is 0 Å². The van der Waals surface area contributed by atoms with Gasteiger partial charge in [-0.15, -0.1) is 0 Å². The molecule has 140 valence electrons. The summed E-state index contributed by atoms with van der Waals surface area (Å²) in [5.74, 6) is 0. The molecule has 28 heavy (non-hydrogen) atoms. The molecule has 1 fully saturated rings.